The average molecular weight is 129 g/mol. The molecular weight excluding hydrogens is 114 g/mol. The highest BCUT2D eigenvalue weighted by Crippen LogP contribution is 2.20. The van der Waals surface area contributed by atoms with Crippen molar-refractivity contribution in [3.63, 3.8) is 0 Å². The second-order valence-corrected chi connectivity index (χ2v) is 3.00. The summed E-state index contributed by atoms with van der Waals surface area (Å²) in [6, 6.07) is 0.301. The van der Waals surface area contributed by atoms with Gasteiger partial charge in [0.25, 0.3) is 0 Å². The van der Waals surface area contributed by atoms with Gasteiger partial charge < -0.3 is 10.5 Å². The van der Waals surface area contributed by atoms with Crippen LogP contribution in [0.3, 0.4) is 0 Å². The van der Waals surface area contributed by atoms with Crippen molar-refractivity contribution in [3.8, 4) is 0 Å². The van der Waals surface area contributed by atoms with Crippen LogP contribution in [0.1, 0.15) is 20.3 Å². The first-order valence-corrected chi connectivity index (χ1v) is 3.57. The summed E-state index contributed by atoms with van der Waals surface area (Å²) in [5.74, 6) is 0.597. The molecule has 1 aliphatic heterocycles. The quantitative estimate of drug-likeness (QED) is 0.567. The summed E-state index contributed by atoms with van der Waals surface area (Å²) in [4.78, 5) is 0. The molecule has 1 saturated heterocycles. The molecule has 0 aromatic rings. The highest BCUT2D eigenvalue weighted by atomic mass is 16.5. The minimum absolute atomic E-state index is 0.301. The minimum Gasteiger partial charge on any atom is -0.378 e. The molecule has 2 heteroatoms. The molecule has 0 aromatic heterocycles. The van der Waals surface area contributed by atoms with Gasteiger partial charge in [0.2, 0.25) is 0 Å². The number of ether oxygens (including phenoxy) is 1. The fraction of sp³-hybridized carbons (Fsp3) is 1.00. The molecule has 1 rings (SSSR count). The monoisotopic (exact) mass is 129 g/mol. The average Bonchev–Trinajstić information content (AvgIpc) is 2.14. The lowest BCUT2D eigenvalue weighted by Gasteiger charge is -2.10. The third-order valence-electron chi connectivity index (χ3n) is 1.97. The largest absolute Gasteiger partial charge is 0.378 e. The molecular formula is C7H15NO. The van der Waals surface area contributed by atoms with Crippen LogP contribution in [-0.4, -0.2) is 18.8 Å². The summed E-state index contributed by atoms with van der Waals surface area (Å²) in [6.45, 7) is 5.01. The molecule has 1 heterocycles. The minimum atomic E-state index is 0.301. The van der Waals surface area contributed by atoms with Crippen molar-refractivity contribution < 1.29 is 4.74 Å². The van der Waals surface area contributed by atoms with E-state index in [9.17, 15) is 0 Å². The Morgan fingerprint density at radius 2 is 2.33 bits per heavy atom. The number of nitrogens with two attached hydrogens (primary N) is 1. The van der Waals surface area contributed by atoms with Gasteiger partial charge in [-0.15, -0.1) is 0 Å². The van der Waals surface area contributed by atoms with Crippen LogP contribution >= 0.6 is 0 Å². The maximum atomic E-state index is 5.68. The van der Waals surface area contributed by atoms with Crippen LogP contribution in [0.2, 0.25) is 0 Å². The lowest BCUT2D eigenvalue weighted by molar-refractivity contribution is 0.118. The zero-order valence-electron chi connectivity index (χ0n) is 6.13. The van der Waals surface area contributed by atoms with E-state index < -0.39 is 0 Å². The Morgan fingerprint density at radius 1 is 1.67 bits per heavy atom. The van der Waals surface area contributed by atoms with Crippen LogP contribution in [0.25, 0.3) is 0 Å². The van der Waals surface area contributed by atoms with Gasteiger partial charge in [0.1, 0.15) is 0 Å². The van der Waals surface area contributed by atoms with E-state index >= 15 is 0 Å². The van der Waals surface area contributed by atoms with E-state index in [1.165, 1.54) is 0 Å². The lowest BCUT2D eigenvalue weighted by atomic mass is 9.99. The molecule has 1 aliphatic rings. The van der Waals surface area contributed by atoms with Crippen molar-refractivity contribution in [1.82, 2.24) is 0 Å². The summed E-state index contributed by atoms with van der Waals surface area (Å²) < 4.78 is 5.35. The van der Waals surface area contributed by atoms with Gasteiger partial charge in [-0.05, 0) is 26.2 Å². The Kier molecular flexibility index (Phi) is 2.09. The maximum absolute atomic E-state index is 5.68. The summed E-state index contributed by atoms with van der Waals surface area (Å²) >= 11 is 0. The molecule has 0 aromatic carbocycles. The predicted molar refractivity (Wildman–Crippen MR) is 37.2 cm³/mol. The maximum Gasteiger partial charge on any atom is 0.0551 e. The highest BCUT2D eigenvalue weighted by molar-refractivity contribution is 4.76. The molecule has 1 fully saturated rings. The normalized spacial score (nSPS) is 39.0. The summed E-state index contributed by atoms with van der Waals surface area (Å²) in [6.07, 6.45) is 1.57. The molecule has 9 heavy (non-hydrogen) atoms. The Balaban J connectivity index is 2.30. The highest BCUT2D eigenvalue weighted by Gasteiger charge is 2.24. The van der Waals surface area contributed by atoms with E-state index in [0.29, 0.717) is 18.1 Å². The van der Waals surface area contributed by atoms with Crippen molar-refractivity contribution in [2.45, 2.75) is 32.4 Å². The standard InChI is InChI=1S/C7H15NO/c1-5-3-7(4-9-5)6(2)8/h5-7H,3-4,8H2,1-2H3. The zero-order chi connectivity index (χ0) is 6.85. The molecule has 0 amide bonds. The van der Waals surface area contributed by atoms with Gasteiger partial charge in [-0.2, -0.15) is 0 Å². The van der Waals surface area contributed by atoms with Gasteiger partial charge in [0.05, 0.1) is 12.7 Å². The second kappa shape index (κ2) is 2.67. The molecule has 2 N–H and O–H groups in total. The number of hydrogen-bond donors (Lipinski definition) is 1. The van der Waals surface area contributed by atoms with Crippen molar-refractivity contribution in [2.24, 2.45) is 11.7 Å². The Bertz CT molecular complexity index is 92.9. The van der Waals surface area contributed by atoms with E-state index in [0.717, 1.165) is 13.0 Å². The van der Waals surface area contributed by atoms with Crippen molar-refractivity contribution in [2.75, 3.05) is 6.61 Å². The molecule has 3 atom stereocenters. The Labute approximate surface area is 56.4 Å². The van der Waals surface area contributed by atoms with Gasteiger partial charge in [-0.3, -0.25) is 0 Å². The first kappa shape index (κ1) is 7.03. The van der Waals surface area contributed by atoms with Crippen molar-refractivity contribution >= 4 is 0 Å². The van der Waals surface area contributed by atoms with E-state index in [-0.39, 0.29) is 0 Å². The molecule has 0 bridgehead atoms. The topological polar surface area (TPSA) is 35.2 Å². The molecule has 0 saturated carbocycles. The third-order valence-corrected chi connectivity index (χ3v) is 1.97. The van der Waals surface area contributed by atoms with Crippen molar-refractivity contribution in [1.29, 1.82) is 0 Å². The van der Waals surface area contributed by atoms with Crippen LogP contribution in [0.5, 0.6) is 0 Å². The molecule has 54 valence electrons. The first-order chi connectivity index (χ1) is 4.20. The van der Waals surface area contributed by atoms with E-state index in [2.05, 4.69) is 6.92 Å². The van der Waals surface area contributed by atoms with Crippen molar-refractivity contribution in [3.05, 3.63) is 0 Å². The smallest absolute Gasteiger partial charge is 0.0551 e. The third kappa shape index (κ3) is 1.66. The SMILES string of the molecule is CC1CC(C(C)N)CO1. The van der Waals surface area contributed by atoms with Gasteiger partial charge >= 0.3 is 0 Å². The molecule has 0 aliphatic carbocycles. The van der Waals surface area contributed by atoms with Gasteiger partial charge in [-0.1, -0.05) is 0 Å². The van der Waals surface area contributed by atoms with E-state index in [1.54, 1.807) is 0 Å². The Hall–Kier alpha value is -0.0800. The summed E-state index contributed by atoms with van der Waals surface area (Å²) in [7, 11) is 0. The van der Waals surface area contributed by atoms with Crippen LogP contribution in [0.15, 0.2) is 0 Å². The van der Waals surface area contributed by atoms with Gasteiger partial charge in [0, 0.05) is 6.04 Å². The van der Waals surface area contributed by atoms with E-state index in [4.69, 9.17) is 10.5 Å². The van der Waals surface area contributed by atoms with Crippen LogP contribution in [0, 0.1) is 5.92 Å². The Morgan fingerprint density at radius 3 is 2.56 bits per heavy atom. The van der Waals surface area contributed by atoms with Gasteiger partial charge in [-0.25, -0.2) is 0 Å². The number of hydrogen-bond acceptors (Lipinski definition) is 2. The van der Waals surface area contributed by atoms with Crippen LogP contribution < -0.4 is 5.73 Å². The summed E-state index contributed by atoms with van der Waals surface area (Å²) in [5, 5.41) is 0. The lowest BCUT2D eigenvalue weighted by Crippen LogP contribution is -2.26. The van der Waals surface area contributed by atoms with Crippen LogP contribution in [0.4, 0.5) is 0 Å². The molecule has 0 spiro atoms. The fourth-order valence-corrected chi connectivity index (χ4v) is 1.22. The molecule has 3 unspecified atom stereocenters. The van der Waals surface area contributed by atoms with Gasteiger partial charge in [0.15, 0.2) is 0 Å². The van der Waals surface area contributed by atoms with E-state index in [1.807, 2.05) is 6.92 Å². The first-order valence-electron chi connectivity index (χ1n) is 3.57. The number of rotatable bonds is 1. The molecule has 0 radical (unpaired) electrons. The summed E-state index contributed by atoms with van der Waals surface area (Å²) in [5.41, 5.74) is 5.68. The molecule has 2 nitrogen and oxygen atoms in total. The van der Waals surface area contributed by atoms with Crippen LogP contribution in [-0.2, 0) is 4.74 Å². The zero-order valence-corrected chi connectivity index (χ0v) is 6.13. The second-order valence-electron chi connectivity index (χ2n) is 3.00. The predicted octanol–water partition coefficient (Wildman–Crippen LogP) is 0.759. The fourth-order valence-electron chi connectivity index (χ4n) is 1.22.